The van der Waals surface area contributed by atoms with Gasteiger partial charge in [-0.25, -0.2) is 4.79 Å². The van der Waals surface area contributed by atoms with Gasteiger partial charge in [-0.05, 0) is 86.9 Å². The summed E-state index contributed by atoms with van der Waals surface area (Å²) >= 11 is 17.0. The first-order valence-corrected chi connectivity index (χ1v) is 17.8. The molecule has 0 bridgehead atoms. The molecule has 0 spiro atoms. The van der Waals surface area contributed by atoms with E-state index in [4.69, 9.17) is 53.8 Å². The molecule has 4 aliphatic rings. The van der Waals surface area contributed by atoms with Crippen LogP contribution in [0.15, 0.2) is 0 Å². The Kier molecular flexibility index (Phi) is 14.9. The number of hydrogen-bond acceptors (Lipinski definition) is 8. The van der Waals surface area contributed by atoms with Crippen molar-refractivity contribution in [3.8, 4) is 0 Å². The van der Waals surface area contributed by atoms with Crippen LogP contribution in [0.25, 0.3) is 0 Å². The molecule has 4 rings (SSSR count). The number of carbonyl (C=O) groups excluding carboxylic acids is 4. The lowest BCUT2D eigenvalue weighted by Gasteiger charge is -2.35. The topological polar surface area (TPSA) is 105 Å². The fourth-order valence-electron chi connectivity index (χ4n) is 8.18. The molecule has 0 N–H and O–H groups in total. The molecule has 0 aromatic heterocycles. The molecule has 0 aromatic carbocycles. The van der Waals surface area contributed by atoms with Crippen molar-refractivity contribution in [3.63, 3.8) is 0 Å². The highest BCUT2D eigenvalue weighted by Crippen LogP contribution is 2.47. The normalized spacial score (nSPS) is 33.7. The number of cyclic esters (lactones) is 2. The van der Waals surface area contributed by atoms with E-state index in [9.17, 15) is 19.2 Å². The Labute approximate surface area is 277 Å². The lowest BCUT2D eigenvalue weighted by molar-refractivity contribution is -0.171. The van der Waals surface area contributed by atoms with Crippen LogP contribution in [-0.2, 0) is 38.1 Å². The number of rotatable bonds is 11. The fourth-order valence-corrected chi connectivity index (χ4v) is 8.31. The second-order valence-corrected chi connectivity index (χ2v) is 15.3. The summed E-state index contributed by atoms with van der Waals surface area (Å²) in [6.45, 7) is 10.1. The minimum absolute atomic E-state index is 0.104. The Morgan fingerprint density at radius 2 is 1.25 bits per heavy atom. The average Bonchev–Trinajstić information content (AvgIpc) is 3.63. The molecule has 10 atom stereocenters. The van der Waals surface area contributed by atoms with Gasteiger partial charge in [-0.15, -0.1) is 0 Å². The van der Waals surface area contributed by atoms with E-state index in [1.54, 1.807) is 0 Å². The Hall–Kier alpha value is -1.25. The molecule has 2 aliphatic heterocycles. The predicted octanol–water partition coefficient (Wildman–Crippen LogP) is 7.63. The molecule has 8 nitrogen and oxygen atoms in total. The number of halogens is 3. The van der Waals surface area contributed by atoms with Crippen molar-refractivity contribution in [1.29, 1.82) is 0 Å². The molecular weight excluding hydrogens is 631 g/mol. The maximum absolute atomic E-state index is 12.3. The molecule has 10 unspecified atom stereocenters. The maximum atomic E-state index is 12.3. The van der Waals surface area contributed by atoms with Gasteiger partial charge in [-0.2, -0.15) is 0 Å². The van der Waals surface area contributed by atoms with Gasteiger partial charge in [0.05, 0.1) is 25.0 Å². The lowest BCUT2D eigenvalue weighted by atomic mass is 9.80. The van der Waals surface area contributed by atoms with Crippen LogP contribution in [-0.4, -0.2) is 53.6 Å². The molecule has 0 amide bonds. The third kappa shape index (κ3) is 9.63. The fraction of sp³-hybridized carbons (Fsp3) is 0.879. The van der Waals surface area contributed by atoms with Crippen molar-refractivity contribution in [2.75, 3.05) is 13.2 Å². The zero-order valence-corrected chi connectivity index (χ0v) is 28.9. The summed E-state index contributed by atoms with van der Waals surface area (Å²) in [5.41, 5.74) is 0. The van der Waals surface area contributed by atoms with E-state index >= 15 is 0 Å². The molecule has 2 saturated heterocycles. The Balaban J connectivity index is 0.000000244. The van der Waals surface area contributed by atoms with Gasteiger partial charge in [-0.1, -0.05) is 88.2 Å². The summed E-state index contributed by atoms with van der Waals surface area (Å²) in [6, 6.07) is 0. The standard InChI is InChI=1S/C17H25Cl3O4.C16H26O4/c1-3-10-8-11(4-2)13(9-10)14(24-16(22)17(18,19)20)12-6-5-7-23-15(12)21;1-3-11-8-12(4-2)14(9-11)15(20-10-17)13-6-5-7-19-16(13)18/h10-14H,3-9H2,1-2H3;10-15H,3-9H2,1-2H3. The van der Waals surface area contributed by atoms with Gasteiger partial charge >= 0.3 is 17.9 Å². The molecule has 0 radical (unpaired) electrons. The summed E-state index contributed by atoms with van der Waals surface area (Å²) in [5, 5.41) is 0. The van der Waals surface area contributed by atoms with Gasteiger partial charge in [0.25, 0.3) is 10.3 Å². The van der Waals surface area contributed by atoms with Gasteiger partial charge in [0.2, 0.25) is 0 Å². The molecule has 4 fully saturated rings. The summed E-state index contributed by atoms with van der Waals surface area (Å²) in [4.78, 5) is 47.3. The van der Waals surface area contributed by atoms with Gasteiger partial charge < -0.3 is 18.9 Å². The number of hydrogen-bond donors (Lipinski definition) is 0. The van der Waals surface area contributed by atoms with Crippen LogP contribution >= 0.6 is 34.8 Å². The van der Waals surface area contributed by atoms with Crippen LogP contribution in [0.5, 0.6) is 0 Å². The zero-order valence-electron chi connectivity index (χ0n) is 26.7. The van der Waals surface area contributed by atoms with Gasteiger partial charge in [0.1, 0.15) is 12.2 Å². The van der Waals surface area contributed by atoms with Crippen molar-refractivity contribution in [2.24, 2.45) is 47.3 Å². The molecular formula is C33H51Cl3O8. The highest BCUT2D eigenvalue weighted by atomic mass is 35.6. The number of carbonyl (C=O) groups is 4. The summed E-state index contributed by atoms with van der Waals surface area (Å²) in [7, 11) is 0. The second-order valence-electron chi connectivity index (χ2n) is 13.1. The summed E-state index contributed by atoms with van der Waals surface area (Å²) in [6.07, 6.45) is 10.8. The van der Waals surface area contributed by atoms with E-state index in [0.717, 1.165) is 64.2 Å². The van der Waals surface area contributed by atoms with E-state index < -0.39 is 21.8 Å². The molecule has 2 aliphatic carbocycles. The van der Waals surface area contributed by atoms with Crippen molar-refractivity contribution in [3.05, 3.63) is 0 Å². The number of esters is 3. The number of ether oxygens (including phenoxy) is 4. The molecule has 44 heavy (non-hydrogen) atoms. The van der Waals surface area contributed by atoms with Crippen LogP contribution in [0.1, 0.15) is 105 Å². The highest BCUT2D eigenvalue weighted by molar-refractivity contribution is 6.75. The quantitative estimate of drug-likeness (QED) is 0.0949. The van der Waals surface area contributed by atoms with Crippen molar-refractivity contribution in [1.82, 2.24) is 0 Å². The zero-order chi connectivity index (χ0) is 32.4. The first kappa shape index (κ1) is 37.2. The monoisotopic (exact) mass is 680 g/mol. The lowest BCUT2D eigenvalue weighted by Crippen LogP contribution is -2.44. The van der Waals surface area contributed by atoms with E-state index in [1.807, 2.05) is 0 Å². The first-order valence-electron chi connectivity index (χ1n) is 16.7. The van der Waals surface area contributed by atoms with Crippen LogP contribution in [0, 0.1) is 47.3 Å². The van der Waals surface area contributed by atoms with Crippen LogP contribution < -0.4 is 0 Å². The first-order chi connectivity index (χ1) is 21.0. The molecule has 11 heteroatoms. The van der Waals surface area contributed by atoms with Gasteiger partial charge in [-0.3, -0.25) is 14.4 Å². The maximum Gasteiger partial charge on any atom is 0.358 e. The largest absolute Gasteiger partial charge is 0.465 e. The van der Waals surface area contributed by atoms with E-state index in [2.05, 4.69) is 27.7 Å². The van der Waals surface area contributed by atoms with Crippen molar-refractivity contribution >= 4 is 59.2 Å². The predicted molar refractivity (Wildman–Crippen MR) is 169 cm³/mol. The van der Waals surface area contributed by atoms with E-state index in [-0.39, 0.29) is 29.9 Å². The third-order valence-electron chi connectivity index (χ3n) is 10.6. The average molecular weight is 682 g/mol. The molecule has 0 aromatic rings. The summed E-state index contributed by atoms with van der Waals surface area (Å²) in [5.74, 6) is 0.515. The summed E-state index contributed by atoms with van der Waals surface area (Å²) < 4.78 is 19.2. The molecule has 2 heterocycles. The third-order valence-corrected chi connectivity index (χ3v) is 11.1. The SMILES string of the molecule is CCC1CC(CC)C(C(OC(=O)C(Cl)(Cl)Cl)C2CCCOC2=O)C1.CCC1CC(CC)C(C(OC=O)C2CCCOC2=O)C1. The minimum Gasteiger partial charge on any atom is -0.465 e. The van der Waals surface area contributed by atoms with Crippen molar-refractivity contribution < 1.29 is 38.1 Å². The molecule has 252 valence electrons. The van der Waals surface area contributed by atoms with Crippen LogP contribution in [0.3, 0.4) is 0 Å². The smallest absolute Gasteiger partial charge is 0.358 e. The Bertz CT molecular complexity index is 956. The number of alkyl halides is 3. The van der Waals surface area contributed by atoms with E-state index in [0.29, 0.717) is 55.7 Å². The van der Waals surface area contributed by atoms with Gasteiger partial charge in [0.15, 0.2) is 0 Å². The van der Waals surface area contributed by atoms with Gasteiger partial charge in [0, 0.05) is 0 Å². The van der Waals surface area contributed by atoms with Crippen LogP contribution in [0.2, 0.25) is 0 Å². The van der Waals surface area contributed by atoms with E-state index in [1.165, 1.54) is 6.42 Å². The van der Waals surface area contributed by atoms with Crippen molar-refractivity contribution in [2.45, 2.75) is 121 Å². The van der Waals surface area contributed by atoms with Crippen LogP contribution in [0.4, 0.5) is 0 Å². The Morgan fingerprint density at radius 3 is 1.64 bits per heavy atom. The Morgan fingerprint density at radius 1 is 0.795 bits per heavy atom. The second kappa shape index (κ2) is 17.6. The minimum atomic E-state index is -2.14. The highest BCUT2D eigenvalue weighted by Gasteiger charge is 2.48. The molecule has 2 saturated carbocycles.